The third-order valence-corrected chi connectivity index (χ3v) is 8.00. The average Bonchev–Trinajstić information content (AvgIpc) is 2.90. The summed E-state index contributed by atoms with van der Waals surface area (Å²) >= 11 is 0. The first kappa shape index (κ1) is 27.7. The second kappa shape index (κ2) is 11.9. The molecule has 0 saturated heterocycles. The highest BCUT2D eigenvalue weighted by atomic mass is 32.2. The fourth-order valence-electron chi connectivity index (χ4n) is 3.99. The summed E-state index contributed by atoms with van der Waals surface area (Å²) in [6.07, 6.45) is 0. The summed E-state index contributed by atoms with van der Waals surface area (Å²) in [5, 5.41) is 2.58. The SMILES string of the molecule is CNC(=O)C(C)N(Cc1ccccc1C)C(=O)CN(c1cc(C)ccc1OC)S(=O)(=O)c1ccccc1. The number of sulfonamides is 1. The maximum absolute atomic E-state index is 13.9. The van der Waals surface area contributed by atoms with Crippen LogP contribution in [0.4, 0.5) is 5.69 Å². The Morgan fingerprint density at radius 1 is 0.973 bits per heavy atom. The number of carbonyl (C=O) groups excluding carboxylic acids is 2. The number of hydrogen-bond donors (Lipinski definition) is 1. The van der Waals surface area contributed by atoms with Crippen LogP contribution in [0, 0.1) is 13.8 Å². The summed E-state index contributed by atoms with van der Waals surface area (Å²) in [5.41, 5.74) is 2.85. The Labute approximate surface area is 218 Å². The predicted molar refractivity (Wildman–Crippen MR) is 144 cm³/mol. The van der Waals surface area contributed by atoms with Gasteiger partial charge in [0.2, 0.25) is 11.8 Å². The summed E-state index contributed by atoms with van der Waals surface area (Å²) < 4.78 is 34.3. The smallest absolute Gasteiger partial charge is 0.264 e. The van der Waals surface area contributed by atoms with Gasteiger partial charge >= 0.3 is 0 Å². The summed E-state index contributed by atoms with van der Waals surface area (Å²) in [7, 11) is -1.21. The molecule has 37 heavy (non-hydrogen) atoms. The Morgan fingerprint density at radius 3 is 2.24 bits per heavy atom. The second-order valence-electron chi connectivity index (χ2n) is 8.74. The van der Waals surface area contributed by atoms with E-state index in [9.17, 15) is 18.0 Å². The molecule has 9 heteroatoms. The highest BCUT2D eigenvalue weighted by Crippen LogP contribution is 2.33. The van der Waals surface area contributed by atoms with E-state index in [2.05, 4.69) is 5.32 Å². The molecule has 0 aliphatic rings. The number of nitrogens with zero attached hydrogens (tertiary/aromatic N) is 2. The summed E-state index contributed by atoms with van der Waals surface area (Å²) in [6, 6.07) is 19.8. The third-order valence-electron chi connectivity index (χ3n) is 6.23. The zero-order valence-corrected chi connectivity index (χ0v) is 22.6. The number of benzene rings is 3. The van der Waals surface area contributed by atoms with Crippen LogP contribution in [0.3, 0.4) is 0 Å². The molecule has 0 spiro atoms. The molecule has 0 bridgehead atoms. The number of nitrogens with one attached hydrogen (secondary N) is 1. The standard InChI is InChI=1S/C28H33N3O5S/c1-20-15-16-26(36-5)25(17-20)31(37(34,35)24-13-7-6-8-14-24)19-27(32)30(22(3)28(33)29-4)18-23-12-10-9-11-21(23)2/h6-17,22H,18-19H2,1-5H3,(H,29,33). The molecule has 2 amide bonds. The van der Waals surface area contributed by atoms with E-state index in [1.807, 2.05) is 38.1 Å². The lowest BCUT2D eigenvalue weighted by atomic mass is 10.1. The molecule has 0 aliphatic carbocycles. The second-order valence-corrected chi connectivity index (χ2v) is 10.6. The lowest BCUT2D eigenvalue weighted by Gasteiger charge is -2.32. The largest absolute Gasteiger partial charge is 0.495 e. The van der Waals surface area contributed by atoms with Gasteiger partial charge in [0.05, 0.1) is 17.7 Å². The van der Waals surface area contributed by atoms with Crippen LogP contribution in [0.5, 0.6) is 5.75 Å². The van der Waals surface area contributed by atoms with E-state index in [1.54, 1.807) is 43.3 Å². The first-order chi connectivity index (χ1) is 17.6. The van der Waals surface area contributed by atoms with Gasteiger partial charge in [0.25, 0.3) is 10.0 Å². The zero-order valence-electron chi connectivity index (χ0n) is 21.8. The van der Waals surface area contributed by atoms with Crippen LogP contribution in [0.2, 0.25) is 0 Å². The van der Waals surface area contributed by atoms with Crippen molar-refractivity contribution in [2.75, 3.05) is 25.0 Å². The van der Waals surface area contributed by atoms with Gasteiger partial charge < -0.3 is 15.0 Å². The first-order valence-electron chi connectivity index (χ1n) is 11.9. The molecule has 1 atom stereocenters. The Balaban J connectivity index is 2.11. The highest BCUT2D eigenvalue weighted by Gasteiger charge is 2.33. The van der Waals surface area contributed by atoms with E-state index < -0.39 is 28.5 Å². The lowest BCUT2D eigenvalue weighted by Crippen LogP contribution is -2.50. The van der Waals surface area contributed by atoms with Crippen LogP contribution in [0.15, 0.2) is 77.7 Å². The van der Waals surface area contributed by atoms with Crippen molar-refractivity contribution in [2.24, 2.45) is 0 Å². The molecule has 0 fully saturated rings. The average molecular weight is 524 g/mol. The lowest BCUT2D eigenvalue weighted by molar-refractivity contribution is -0.139. The summed E-state index contributed by atoms with van der Waals surface area (Å²) in [5.74, 6) is -0.572. The highest BCUT2D eigenvalue weighted by molar-refractivity contribution is 7.92. The fourth-order valence-corrected chi connectivity index (χ4v) is 5.43. The van der Waals surface area contributed by atoms with Crippen LogP contribution in [0.25, 0.3) is 0 Å². The molecule has 8 nitrogen and oxygen atoms in total. The molecule has 3 rings (SSSR count). The van der Waals surface area contributed by atoms with Gasteiger partial charge in [0.15, 0.2) is 0 Å². The van der Waals surface area contributed by atoms with Crippen molar-refractivity contribution in [3.63, 3.8) is 0 Å². The molecule has 3 aromatic rings. The number of amides is 2. The number of likely N-dealkylation sites (N-methyl/N-ethyl adjacent to an activating group) is 1. The Hall–Kier alpha value is -3.85. The molecule has 1 N–H and O–H groups in total. The van der Waals surface area contributed by atoms with E-state index in [-0.39, 0.29) is 23.0 Å². The van der Waals surface area contributed by atoms with E-state index in [4.69, 9.17) is 4.74 Å². The van der Waals surface area contributed by atoms with Gasteiger partial charge in [-0.1, -0.05) is 48.5 Å². The first-order valence-corrected chi connectivity index (χ1v) is 13.3. The molecule has 0 radical (unpaired) electrons. The van der Waals surface area contributed by atoms with Crippen LogP contribution >= 0.6 is 0 Å². The number of carbonyl (C=O) groups is 2. The van der Waals surface area contributed by atoms with Gasteiger partial charge in [-0.25, -0.2) is 8.42 Å². The number of aryl methyl sites for hydroxylation is 2. The molecule has 3 aromatic carbocycles. The molecule has 0 heterocycles. The van der Waals surface area contributed by atoms with E-state index in [0.717, 1.165) is 21.0 Å². The van der Waals surface area contributed by atoms with Crippen molar-refractivity contribution >= 4 is 27.5 Å². The maximum Gasteiger partial charge on any atom is 0.264 e. The van der Waals surface area contributed by atoms with Crippen LogP contribution in [-0.4, -0.2) is 51.9 Å². The van der Waals surface area contributed by atoms with E-state index >= 15 is 0 Å². The molecule has 0 saturated carbocycles. The Bertz CT molecular complexity index is 1360. The maximum atomic E-state index is 13.9. The van der Waals surface area contributed by atoms with E-state index in [1.165, 1.54) is 31.2 Å². The zero-order chi connectivity index (χ0) is 27.2. The molecule has 196 valence electrons. The number of anilines is 1. The van der Waals surface area contributed by atoms with Crippen molar-refractivity contribution in [3.05, 3.63) is 89.5 Å². The van der Waals surface area contributed by atoms with Gasteiger partial charge in [0, 0.05) is 13.6 Å². The minimum atomic E-state index is -4.16. The van der Waals surface area contributed by atoms with Gasteiger partial charge in [-0.3, -0.25) is 13.9 Å². The molecule has 0 aliphatic heterocycles. The van der Waals surface area contributed by atoms with Gasteiger partial charge in [0.1, 0.15) is 18.3 Å². The molecule has 1 unspecified atom stereocenters. The van der Waals surface area contributed by atoms with Crippen LogP contribution in [0.1, 0.15) is 23.6 Å². The van der Waals surface area contributed by atoms with Crippen molar-refractivity contribution in [1.82, 2.24) is 10.2 Å². The minimum absolute atomic E-state index is 0.0381. The van der Waals surface area contributed by atoms with Crippen molar-refractivity contribution in [3.8, 4) is 5.75 Å². The van der Waals surface area contributed by atoms with E-state index in [0.29, 0.717) is 5.75 Å². The number of rotatable bonds is 10. The van der Waals surface area contributed by atoms with Crippen molar-refractivity contribution in [1.29, 1.82) is 0 Å². The topological polar surface area (TPSA) is 96.0 Å². The Morgan fingerprint density at radius 2 is 1.62 bits per heavy atom. The molecular formula is C28H33N3O5S. The quantitative estimate of drug-likeness (QED) is 0.438. The summed E-state index contributed by atoms with van der Waals surface area (Å²) in [4.78, 5) is 27.9. The number of ether oxygens (including phenoxy) is 1. The summed E-state index contributed by atoms with van der Waals surface area (Å²) in [6.45, 7) is 5.00. The number of methoxy groups -OCH3 is 1. The fraction of sp³-hybridized carbons (Fsp3) is 0.286. The molecular weight excluding hydrogens is 490 g/mol. The Kier molecular flexibility index (Phi) is 8.94. The minimum Gasteiger partial charge on any atom is -0.495 e. The normalized spacial score (nSPS) is 11.9. The third kappa shape index (κ3) is 6.29. The number of hydrogen-bond acceptors (Lipinski definition) is 5. The predicted octanol–water partition coefficient (Wildman–Crippen LogP) is 3.67. The van der Waals surface area contributed by atoms with Crippen molar-refractivity contribution < 1.29 is 22.7 Å². The monoisotopic (exact) mass is 523 g/mol. The van der Waals surface area contributed by atoms with Gasteiger partial charge in [-0.05, 0) is 61.7 Å². The van der Waals surface area contributed by atoms with Crippen molar-refractivity contribution in [2.45, 2.75) is 38.3 Å². The van der Waals surface area contributed by atoms with Gasteiger partial charge in [-0.15, -0.1) is 0 Å². The van der Waals surface area contributed by atoms with Crippen LogP contribution in [-0.2, 0) is 26.2 Å². The van der Waals surface area contributed by atoms with Crippen LogP contribution < -0.4 is 14.4 Å². The molecule has 0 aromatic heterocycles. The van der Waals surface area contributed by atoms with Gasteiger partial charge in [-0.2, -0.15) is 0 Å².